The minimum absolute atomic E-state index is 0.721. The second-order valence-electron chi connectivity index (χ2n) is 3.81. The van der Waals surface area contributed by atoms with Gasteiger partial charge in [0.15, 0.2) is 0 Å². The minimum atomic E-state index is 0.721. The van der Waals surface area contributed by atoms with Crippen LogP contribution in [0.1, 0.15) is 12.0 Å². The van der Waals surface area contributed by atoms with E-state index < -0.39 is 0 Å². The minimum Gasteiger partial charge on any atom is -0.347 e. The third-order valence-electron chi connectivity index (χ3n) is 2.65. The highest BCUT2D eigenvalue weighted by Crippen LogP contribution is 2.24. The van der Waals surface area contributed by atoms with Gasteiger partial charge in [-0.3, -0.25) is 0 Å². The maximum absolute atomic E-state index is 6.11. The van der Waals surface area contributed by atoms with Gasteiger partial charge in [-0.2, -0.15) is 0 Å². The molecular formula is C12H15ClN2. The van der Waals surface area contributed by atoms with Crippen LogP contribution < -0.4 is 5.73 Å². The van der Waals surface area contributed by atoms with Gasteiger partial charge in [0.2, 0.25) is 0 Å². The first-order valence-corrected chi connectivity index (χ1v) is 5.55. The Morgan fingerprint density at radius 1 is 1.40 bits per heavy atom. The van der Waals surface area contributed by atoms with Crippen molar-refractivity contribution in [1.82, 2.24) is 4.57 Å². The van der Waals surface area contributed by atoms with E-state index >= 15 is 0 Å². The van der Waals surface area contributed by atoms with Crippen LogP contribution in [0.3, 0.4) is 0 Å². The smallest absolute Gasteiger partial charge is 0.0495 e. The summed E-state index contributed by atoms with van der Waals surface area (Å²) in [4.78, 5) is 0. The van der Waals surface area contributed by atoms with Gasteiger partial charge in [-0.15, -0.1) is 0 Å². The predicted octanol–water partition coefficient (Wildman–Crippen LogP) is 2.95. The molecule has 2 aromatic rings. The van der Waals surface area contributed by atoms with Gasteiger partial charge in [0.05, 0.1) is 0 Å². The van der Waals surface area contributed by atoms with E-state index in [1.54, 1.807) is 0 Å². The molecule has 0 bridgehead atoms. The van der Waals surface area contributed by atoms with Crippen molar-refractivity contribution in [2.75, 3.05) is 6.54 Å². The summed E-state index contributed by atoms with van der Waals surface area (Å²) >= 11 is 6.11. The number of halogens is 1. The Bertz CT molecular complexity index is 474. The summed E-state index contributed by atoms with van der Waals surface area (Å²) in [6.45, 7) is 3.71. The molecule has 2 rings (SSSR count). The molecule has 2 nitrogen and oxygen atoms in total. The normalized spacial score (nSPS) is 11.1. The molecule has 0 unspecified atom stereocenters. The van der Waals surface area contributed by atoms with Crippen LogP contribution >= 0.6 is 11.6 Å². The molecule has 0 fully saturated rings. The first-order chi connectivity index (χ1) is 7.22. The number of aromatic nitrogens is 1. The molecule has 0 radical (unpaired) electrons. The van der Waals surface area contributed by atoms with E-state index in [2.05, 4.69) is 22.9 Å². The van der Waals surface area contributed by atoms with Crippen molar-refractivity contribution in [1.29, 1.82) is 0 Å². The third kappa shape index (κ3) is 2.01. The lowest BCUT2D eigenvalue weighted by Gasteiger charge is -2.05. The van der Waals surface area contributed by atoms with Crippen LogP contribution in [0.25, 0.3) is 10.9 Å². The van der Waals surface area contributed by atoms with Crippen LogP contribution in [-0.2, 0) is 6.54 Å². The Balaban J connectivity index is 2.45. The van der Waals surface area contributed by atoms with Crippen molar-refractivity contribution in [3.63, 3.8) is 0 Å². The maximum atomic E-state index is 6.11. The highest BCUT2D eigenvalue weighted by atomic mass is 35.5. The topological polar surface area (TPSA) is 30.9 Å². The van der Waals surface area contributed by atoms with E-state index in [-0.39, 0.29) is 0 Å². The predicted molar refractivity (Wildman–Crippen MR) is 65.4 cm³/mol. The molecule has 0 aliphatic heterocycles. The third-order valence-corrected chi connectivity index (χ3v) is 3.06. The SMILES string of the molecule is Cc1cc2ccn(CCCN)c2cc1Cl. The second-order valence-corrected chi connectivity index (χ2v) is 4.22. The Hall–Kier alpha value is -0.990. The van der Waals surface area contributed by atoms with Gasteiger partial charge in [-0.25, -0.2) is 0 Å². The molecule has 0 atom stereocenters. The molecule has 15 heavy (non-hydrogen) atoms. The first kappa shape index (κ1) is 10.5. The van der Waals surface area contributed by atoms with Crippen LogP contribution in [0, 0.1) is 6.92 Å². The van der Waals surface area contributed by atoms with E-state index in [1.807, 2.05) is 13.0 Å². The zero-order chi connectivity index (χ0) is 10.8. The molecule has 0 aliphatic rings. The fraction of sp³-hybridized carbons (Fsp3) is 0.333. The molecule has 3 heteroatoms. The molecular weight excluding hydrogens is 208 g/mol. The summed E-state index contributed by atoms with van der Waals surface area (Å²) in [6, 6.07) is 6.27. The van der Waals surface area contributed by atoms with E-state index in [9.17, 15) is 0 Å². The molecule has 0 saturated heterocycles. The number of nitrogens with two attached hydrogens (primary N) is 1. The van der Waals surface area contributed by atoms with Crippen LogP contribution in [0.5, 0.6) is 0 Å². The second kappa shape index (κ2) is 4.25. The molecule has 1 aromatic heterocycles. The van der Waals surface area contributed by atoms with Gasteiger partial charge in [0.1, 0.15) is 0 Å². The van der Waals surface area contributed by atoms with E-state index in [4.69, 9.17) is 17.3 Å². The van der Waals surface area contributed by atoms with Gasteiger partial charge in [0, 0.05) is 23.3 Å². The van der Waals surface area contributed by atoms with Crippen molar-refractivity contribution in [3.05, 3.63) is 35.0 Å². The van der Waals surface area contributed by atoms with Crippen molar-refractivity contribution >= 4 is 22.5 Å². The average Bonchev–Trinajstić information content (AvgIpc) is 2.59. The highest BCUT2D eigenvalue weighted by Gasteiger charge is 2.03. The van der Waals surface area contributed by atoms with Crippen molar-refractivity contribution in [2.24, 2.45) is 5.73 Å². The fourth-order valence-corrected chi connectivity index (χ4v) is 1.94. The maximum Gasteiger partial charge on any atom is 0.0495 e. The molecule has 0 spiro atoms. The number of rotatable bonds is 3. The van der Waals surface area contributed by atoms with Crippen LogP contribution in [0.2, 0.25) is 5.02 Å². The molecule has 0 saturated carbocycles. The van der Waals surface area contributed by atoms with Gasteiger partial charge in [0.25, 0.3) is 0 Å². The molecule has 1 aromatic carbocycles. The van der Waals surface area contributed by atoms with E-state index in [0.29, 0.717) is 0 Å². The zero-order valence-corrected chi connectivity index (χ0v) is 9.59. The van der Waals surface area contributed by atoms with E-state index in [1.165, 1.54) is 10.9 Å². The number of hydrogen-bond donors (Lipinski definition) is 1. The standard InChI is InChI=1S/C12H15ClN2/c1-9-7-10-3-6-15(5-2-4-14)12(10)8-11(9)13/h3,6-8H,2,4-5,14H2,1H3. The Morgan fingerprint density at radius 3 is 2.93 bits per heavy atom. The van der Waals surface area contributed by atoms with Crippen LogP contribution in [-0.4, -0.2) is 11.1 Å². The van der Waals surface area contributed by atoms with Gasteiger partial charge >= 0.3 is 0 Å². The molecule has 0 amide bonds. The monoisotopic (exact) mass is 222 g/mol. The van der Waals surface area contributed by atoms with Crippen molar-refractivity contribution < 1.29 is 0 Å². The lowest BCUT2D eigenvalue weighted by Crippen LogP contribution is -2.04. The summed E-state index contributed by atoms with van der Waals surface area (Å²) in [6.07, 6.45) is 3.09. The summed E-state index contributed by atoms with van der Waals surface area (Å²) in [5.41, 5.74) is 7.82. The number of benzene rings is 1. The number of nitrogens with zero attached hydrogens (tertiary/aromatic N) is 1. The summed E-state index contributed by atoms with van der Waals surface area (Å²) in [7, 11) is 0. The number of hydrogen-bond acceptors (Lipinski definition) is 1. The largest absolute Gasteiger partial charge is 0.347 e. The zero-order valence-electron chi connectivity index (χ0n) is 8.83. The average molecular weight is 223 g/mol. The fourth-order valence-electron chi connectivity index (χ4n) is 1.78. The van der Waals surface area contributed by atoms with Crippen molar-refractivity contribution in [3.8, 4) is 0 Å². The molecule has 1 heterocycles. The van der Waals surface area contributed by atoms with Crippen LogP contribution in [0.4, 0.5) is 0 Å². The van der Waals surface area contributed by atoms with E-state index in [0.717, 1.165) is 30.1 Å². The Kier molecular flexibility index (Phi) is 2.98. The number of aryl methyl sites for hydroxylation is 2. The van der Waals surface area contributed by atoms with Gasteiger partial charge < -0.3 is 10.3 Å². The quantitative estimate of drug-likeness (QED) is 0.851. The van der Waals surface area contributed by atoms with Crippen molar-refractivity contribution in [2.45, 2.75) is 19.9 Å². The summed E-state index contributed by atoms with van der Waals surface area (Å²) in [5, 5.41) is 2.07. The lowest BCUT2D eigenvalue weighted by atomic mass is 10.2. The van der Waals surface area contributed by atoms with Gasteiger partial charge in [-0.05, 0) is 49.0 Å². The summed E-state index contributed by atoms with van der Waals surface area (Å²) in [5.74, 6) is 0. The first-order valence-electron chi connectivity index (χ1n) is 5.17. The molecule has 2 N–H and O–H groups in total. The van der Waals surface area contributed by atoms with Crippen LogP contribution in [0.15, 0.2) is 24.4 Å². The number of fused-ring (bicyclic) bond motifs is 1. The van der Waals surface area contributed by atoms with Gasteiger partial charge in [-0.1, -0.05) is 11.6 Å². The molecule has 0 aliphatic carbocycles. The Morgan fingerprint density at radius 2 is 2.20 bits per heavy atom. The lowest BCUT2D eigenvalue weighted by molar-refractivity contribution is 0.671. The molecule has 80 valence electrons. The Labute approximate surface area is 94.6 Å². The summed E-state index contributed by atoms with van der Waals surface area (Å²) < 4.78 is 2.20. The highest BCUT2D eigenvalue weighted by molar-refractivity contribution is 6.32.